The van der Waals surface area contributed by atoms with Crippen molar-refractivity contribution in [1.29, 1.82) is 0 Å². The fraction of sp³-hybridized carbons (Fsp3) is 0.444. The maximum Gasteiger partial charge on any atom is 0.248 e. The number of hydrogen-bond acceptors (Lipinski definition) is 4. The zero-order valence-electron chi connectivity index (χ0n) is 14.1. The highest BCUT2D eigenvalue weighted by Crippen LogP contribution is 2.28. The largest absolute Gasteiger partial charge is 0.389 e. The SMILES string of the molecule is NCCCCC(=O)N1C[C@@H](O)[C@H](n2ccc3cc(C(N)=O)ccc32)C1. The van der Waals surface area contributed by atoms with E-state index in [0.717, 1.165) is 23.7 Å². The van der Waals surface area contributed by atoms with Crippen LogP contribution in [0.4, 0.5) is 0 Å². The second kappa shape index (κ2) is 7.25. The molecule has 5 N–H and O–H groups in total. The number of carbonyl (C=O) groups is 2. The molecule has 1 aromatic heterocycles. The number of hydrogen-bond donors (Lipinski definition) is 3. The summed E-state index contributed by atoms with van der Waals surface area (Å²) in [6.07, 6.45) is 3.33. The molecule has 2 atom stereocenters. The first-order valence-corrected chi connectivity index (χ1v) is 8.57. The number of aromatic nitrogens is 1. The summed E-state index contributed by atoms with van der Waals surface area (Å²) in [7, 11) is 0. The molecule has 2 aromatic rings. The highest BCUT2D eigenvalue weighted by Gasteiger charge is 2.35. The molecule has 1 saturated heterocycles. The molecule has 0 spiro atoms. The summed E-state index contributed by atoms with van der Waals surface area (Å²) >= 11 is 0. The zero-order chi connectivity index (χ0) is 18.0. The van der Waals surface area contributed by atoms with Crippen LogP contribution < -0.4 is 11.5 Å². The molecule has 0 bridgehead atoms. The van der Waals surface area contributed by atoms with Gasteiger partial charge >= 0.3 is 0 Å². The van der Waals surface area contributed by atoms with E-state index in [-0.39, 0.29) is 11.9 Å². The van der Waals surface area contributed by atoms with Gasteiger partial charge in [0.2, 0.25) is 11.8 Å². The van der Waals surface area contributed by atoms with Crippen molar-refractivity contribution in [2.24, 2.45) is 11.5 Å². The van der Waals surface area contributed by atoms with Gasteiger partial charge in [-0.05, 0) is 43.7 Å². The van der Waals surface area contributed by atoms with Gasteiger partial charge in [0.15, 0.2) is 0 Å². The van der Waals surface area contributed by atoms with Crippen LogP contribution in [-0.2, 0) is 4.79 Å². The lowest BCUT2D eigenvalue weighted by atomic mass is 10.1. The lowest BCUT2D eigenvalue weighted by Gasteiger charge is -2.18. The standard InChI is InChI=1S/C18H24N4O3/c19-7-2-1-3-17(24)21-10-15(16(23)11-21)22-8-6-12-9-13(18(20)25)4-5-14(12)22/h4-6,8-9,15-16,23H,1-3,7,10-11,19H2,(H2,20,25)/t15-,16-/m1/s1. The number of aliphatic hydroxyl groups excluding tert-OH is 1. The third kappa shape index (κ3) is 3.52. The molecule has 1 fully saturated rings. The van der Waals surface area contributed by atoms with Gasteiger partial charge in [0.05, 0.1) is 12.1 Å². The van der Waals surface area contributed by atoms with Crippen molar-refractivity contribution in [2.45, 2.75) is 31.4 Å². The van der Waals surface area contributed by atoms with E-state index in [1.807, 2.05) is 22.9 Å². The maximum absolute atomic E-state index is 12.3. The molecular formula is C18H24N4O3. The molecule has 0 saturated carbocycles. The number of nitrogens with two attached hydrogens (primary N) is 2. The molecule has 1 aliphatic heterocycles. The number of fused-ring (bicyclic) bond motifs is 1. The molecule has 0 unspecified atom stereocenters. The minimum atomic E-state index is -0.620. The molecule has 1 aromatic carbocycles. The minimum Gasteiger partial charge on any atom is -0.389 e. The fourth-order valence-corrected chi connectivity index (χ4v) is 3.43. The molecule has 2 amide bonds. The highest BCUT2D eigenvalue weighted by atomic mass is 16.3. The number of β-amino-alcohol motifs (C(OH)–C–C–N with tert-alkyl or cyclic N) is 1. The van der Waals surface area contributed by atoms with E-state index in [1.54, 1.807) is 17.0 Å². The van der Waals surface area contributed by atoms with Crippen LogP contribution in [0.2, 0.25) is 0 Å². The summed E-state index contributed by atoms with van der Waals surface area (Å²) in [5.74, 6) is -0.410. The van der Waals surface area contributed by atoms with Gasteiger partial charge in [-0.2, -0.15) is 0 Å². The van der Waals surface area contributed by atoms with Crippen molar-refractivity contribution in [3.8, 4) is 0 Å². The molecule has 7 nitrogen and oxygen atoms in total. The number of unbranched alkanes of at least 4 members (excludes halogenated alkanes) is 1. The van der Waals surface area contributed by atoms with Crippen LogP contribution in [0.5, 0.6) is 0 Å². The van der Waals surface area contributed by atoms with Gasteiger partial charge in [-0.1, -0.05) is 0 Å². The van der Waals surface area contributed by atoms with Crippen LogP contribution in [0.3, 0.4) is 0 Å². The van der Waals surface area contributed by atoms with Gasteiger partial charge in [-0.25, -0.2) is 0 Å². The Balaban J connectivity index is 1.77. The van der Waals surface area contributed by atoms with Crippen molar-refractivity contribution in [3.05, 3.63) is 36.0 Å². The van der Waals surface area contributed by atoms with Crippen molar-refractivity contribution in [2.75, 3.05) is 19.6 Å². The monoisotopic (exact) mass is 344 g/mol. The minimum absolute atomic E-state index is 0.0578. The summed E-state index contributed by atoms with van der Waals surface area (Å²) < 4.78 is 1.97. The second-order valence-electron chi connectivity index (χ2n) is 6.54. The summed E-state index contributed by atoms with van der Waals surface area (Å²) in [5.41, 5.74) is 12.1. The number of benzene rings is 1. The Bertz CT molecular complexity index is 786. The van der Waals surface area contributed by atoms with E-state index in [1.165, 1.54) is 0 Å². The van der Waals surface area contributed by atoms with Crippen molar-refractivity contribution < 1.29 is 14.7 Å². The van der Waals surface area contributed by atoms with Gasteiger partial charge in [0.25, 0.3) is 0 Å². The number of likely N-dealkylation sites (tertiary alicyclic amines) is 1. The summed E-state index contributed by atoms with van der Waals surface area (Å²) in [6, 6.07) is 6.94. The summed E-state index contributed by atoms with van der Waals surface area (Å²) in [4.78, 5) is 25.3. The predicted octanol–water partition coefficient (Wildman–Crippen LogP) is 0.613. The van der Waals surface area contributed by atoms with E-state index < -0.39 is 12.0 Å². The molecule has 1 aliphatic rings. The van der Waals surface area contributed by atoms with E-state index in [2.05, 4.69) is 0 Å². The van der Waals surface area contributed by atoms with Crippen LogP contribution in [0.15, 0.2) is 30.5 Å². The molecule has 0 aliphatic carbocycles. The quantitative estimate of drug-likeness (QED) is 0.666. The first-order chi connectivity index (χ1) is 12.0. The molecule has 0 radical (unpaired) electrons. The number of nitrogens with zero attached hydrogens (tertiary/aromatic N) is 2. The Morgan fingerprint density at radius 3 is 2.72 bits per heavy atom. The van der Waals surface area contributed by atoms with Crippen LogP contribution in [0.25, 0.3) is 10.9 Å². The first-order valence-electron chi connectivity index (χ1n) is 8.57. The van der Waals surface area contributed by atoms with E-state index in [0.29, 0.717) is 31.6 Å². The third-order valence-electron chi connectivity index (χ3n) is 4.82. The highest BCUT2D eigenvalue weighted by molar-refractivity contribution is 5.97. The lowest BCUT2D eigenvalue weighted by Crippen LogP contribution is -2.29. The van der Waals surface area contributed by atoms with E-state index >= 15 is 0 Å². The van der Waals surface area contributed by atoms with E-state index in [9.17, 15) is 14.7 Å². The van der Waals surface area contributed by atoms with Crippen LogP contribution in [0, 0.1) is 0 Å². The number of carbonyl (C=O) groups excluding carboxylic acids is 2. The van der Waals surface area contributed by atoms with E-state index in [4.69, 9.17) is 11.5 Å². The Labute approximate surface area is 146 Å². The third-order valence-corrected chi connectivity index (χ3v) is 4.82. The normalized spacial score (nSPS) is 20.3. The number of aliphatic hydroxyl groups is 1. The number of primary amides is 1. The Morgan fingerprint density at radius 2 is 2.00 bits per heavy atom. The van der Waals surface area contributed by atoms with Gasteiger partial charge in [-0.15, -0.1) is 0 Å². The van der Waals surface area contributed by atoms with Crippen LogP contribution in [-0.4, -0.2) is 52.1 Å². The van der Waals surface area contributed by atoms with Crippen molar-refractivity contribution >= 4 is 22.7 Å². The van der Waals surface area contributed by atoms with Gasteiger partial charge in [0, 0.05) is 42.2 Å². The zero-order valence-corrected chi connectivity index (χ0v) is 14.1. The predicted molar refractivity (Wildman–Crippen MR) is 95.0 cm³/mol. The van der Waals surface area contributed by atoms with Crippen LogP contribution >= 0.6 is 0 Å². The van der Waals surface area contributed by atoms with Crippen molar-refractivity contribution in [1.82, 2.24) is 9.47 Å². The molecule has 25 heavy (non-hydrogen) atoms. The molecule has 2 heterocycles. The Morgan fingerprint density at radius 1 is 1.20 bits per heavy atom. The van der Waals surface area contributed by atoms with Gasteiger partial charge in [0.1, 0.15) is 0 Å². The molecule has 7 heteroatoms. The molecule has 134 valence electrons. The average Bonchev–Trinajstić information content (AvgIpc) is 3.17. The van der Waals surface area contributed by atoms with Crippen molar-refractivity contribution in [3.63, 3.8) is 0 Å². The lowest BCUT2D eigenvalue weighted by molar-refractivity contribution is -0.130. The number of rotatable bonds is 6. The Kier molecular flexibility index (Phi) is 5.06. The fourth-order valence-electron chi connectivity index (χ4n) is 3.43. The molecule has 3 rings (SSSR count). The maximum atomic E-state index is 12.3. The Hall–Kier alpha value is -2.38. The molecular weight excluding hydrogens is 320 g/mol. The second-order valence-corrected chi connectivity index (χ2v) is 6.54. The first kappa shape index (κ1) is 17.4. The smallest absolute Gasteiger partial charge is 0.248 e. The van der Waals surface area contributed by atoms with Crippen LogP contribution in [0.1, 0.15) is 35.7 Å². The van der Waals surface area contributed by atoms with Gasteiger partial charge < -0.3 is 26.0 Å². The topological polar surface area (TPSA) is 115 Å². The summed E-state index contributed by atoms with van der Waals surface area (Å²) in [6.45, 7) is 1.40. The number of amides is 2. The van der Waals surface area contributed by atoms with Gasteiger partial charge in [-0.3, -0.25) is 9.59 Å². The average molecular weight is 344 g/mol. The summed E-state index contributed by atoms with van der Waals surface area (Å²) in [5, 5.41) is 11.3.